The molecule has 2 N–H and O–H groups in total. The molecule has 0 saturated carbocycles. The van der Waals surface area contributed by atoms with Gasteiger partial charge in [0.2, 0.25) is 11.9 Å². The topological polar surface area (TPSA) is 77.0 Å². The van der Waals surface area contributed by atoms with Crippen LogP contribution in [-0.2, 0) is 17.9 Å². The summed E-state index contributed by atoms with van der Waals surface area (Å²) in [5, 5.41) is 4.02. The van der Waals surface area contributed by atoms with Crippen LogP contribution in [0, 0.1) is 0 Å². The number of aromatic nitrogens is 3. The van der Waals surface area contributed by atoms with E-state index < -0.39 is 0 Å². The van der Waals surface area contributed by atoms with Crippen LogP contribution in [-0.4, -0.2) is 32.1 Å². The van der Waals surface area contributed by atoms with Crippen molar-refractivity contribution < 1.29 is 4.79 Å². The van der Waals surface area contributed by atoms with Gasteiger partial charge in [-0.25, -0.2) is 4.68 Å². The number of hydrogen-bond acceptors (Lipinski definition) is 4. The van der Waals surface area contributed by atoms with E-state index in [0.29, 0.717) is 26.1 Å². The van der Waals surface area contributed by atoms with Gasteiger partial charge in [0.05, 0.1) is 13.1 Å². The van der Waals surface area contributed by atoms with Gasteiger partial charge < -0.3 is 10.6 Å². The second-order valence-corrected chi connectivity index (χ2v) is 3.28. The van der Waals surface area contributed by atoms with Crippen LogP contribution in [0.15, 0.2) is 0 Å². The molecule has 1 amide bonds. The third kappa shape index (κ3) is 2.50. The Labute approximate surface area is 95.4 Å². The monoisotopic (exact) mass is 225 g/mol. The summed E-state index contributed by atoms with van der Waals surface area (Å²) in [5.41, 5.74) is 5.47. The zero-order valence-corrected chi connectivity index (χ0v) is 10.1. The number of carbonyl (C=O) groups is 1. The zero-order chi connectivity index (χ0) is 12.1. The van der Waals surface area contributed by atoms with Crippen LogP contribution in [0.25, 0.3) is 0 Å². The minimum Gasteiger partial charge on any atom is -0.366 e. The number of amides is 1. The van der Waals surface area contributed by atoms with Crippen LogP contribution in [0.5, 0.6) is 0 Å². The molecule has 0 aromatic carbocycles. The third-order valence-electron chi connectivity index (χ3n) is 2.33. The Morgan fingerprint density at radius 1 is 1.44 bits per heavy atom. The molecule has 2 rings (SSSR count). The summed E-state index contributed by atoms with van der Waals surface area (Å²) in [6.45, 7) is 7.76. The van der Waals surface area contributed by atoms with Crippen molar-refractivity contribution in [3.05, 3.63) is 5.82 Å². The molecule has 6 nitrogen and oxygen atoms in total. The molecule has 0 saturated heterocycles. The molecule has 6 heteroatoms. The molecule has 16 heavy (non-hydrogen) atoms. The molecule has 1 aromatic heterocycles. The molecule has 0 spiro atoms. The van der Waals surface area contributed by atoms with Gasteiger partial charge >= 0.3 is 0 Å². The summed E-state index contributed by atoms with van der Waals surface area (Å²) < 4.78 is 1.76. The van der Waals surface area contributed by atoms with Gasteiger partial charge in [-0.3, -0.25) is 4.79 Å². The van der Waals surface area contributed by atoms with Crippen molar-refractivity contribution in [3.63, 3.8) is 0 Å². The van der Waals surface area contributed by atoms with Crippen LogP contribution < -0.4 is 5.73 Å². The Hall–Kier alpha value is -1.59. The lowest BCUT2D eigenvalue weighted by Crippen LogP contribution is -2.38. The van der Waals surface area contributed by atoms with Crippen molar-refractivity contribution in [1.29, 1.82) is 0 Å². The molecule has 1 aliphatic heterocycles. The first-order chi connectivity index (χ1) is 7.70. The lowest BCUT2D eigenvalue weighted by molar-refractivity contribution is -0.132. The fourth-order valence-corrected chi connectivity index (χ4v) is 1.59. The molecular formula is C10H19N5O. The first-order valence-corrected chi connectivity index (χ1v) is 5.67. The maximum absolute atomic E-state index is 11.4. The SMILES string of the molecule is CC.CCC(=O)N1CCn2nc(N)nc2C1. The van der Waals surface area contributed by atoms with E-state index in [1.165, 1.54) is 0 Å². The Bertz CT molecular complexity index is 360. The average molecular weight is 225 g/mol. The van der Waals surface area contributed by atoms with E-state index in [4.69, 9.17) is 5.73 Å². The molecule has 1 aliphatic rings. The van der Waals surface area contributed by atoms with E-state index in [1.807, 2.05) is 20.8 Å². The third-order valence-corrected chi connectivity index (χ3v) is 2.33. The number of carbonyl (C=O) groups excluding carboxylic acids is 1. The van der Waals surface area contributed by atoms with Crippen LogP contribution in [0.3, 0.4) is 0 Å². The average Bonchev–Trinajstić information content (AvgIpc) is 2.69. The van der Waals surface area contributed by atoms with Crippen molar-refractivity contribution in [2.75, 3.05) is 12.3 Å². The van der Waals surface area contributed by atoms with E-state index in [0.717, 1.165) is 5.82 Å². The molecule has 2 heterocycles. The lowest BCUT2D eigenvalue weighted by atomic mass is 10.3. The van der Waals surface area contributed by atoms with Crippen molar-refractivity contribution in [3.8, 4) is 0 Å². The Balaban J connectivity index is 0.000000606. The molecule has 0 atom stereocenters. The van der Waals surface area contributed by atoms with Crippen LogP contribution in [0.1, 0.15) is 33.0 Å². The number of nitrogen functional groups attached to an aromatic ring is 1. The number of fused-ring (bicyclic) bond motifs is 1. The van der Waals surface area contributed by atoms with E-state index in [1.54, 1.807) is 9.58 Å². The van der Waals surface area contributed by atoms with E-state index >= 15 is 0 Å². The summed E-state index contributed by atoms with van der Waals surface area (Å²) in [6, 6.07) is 0. The second kappa shape index (κ2) is 5.48. The van der Waals surface area contributed by atoms with Crippen molar-refractivity contribution in [2.45, 2.75) is 40.3 Å². The van der Waals surface area contributed by atoms with Gasteiger partial charge in [0.15, 0.2) is 0 Å². The van der Waals surface area contributed by atoms with Crippen molar-refractivity contribution in [2.24, 2.45) is 0 Å². The smallest absolute Gasteiger partial charge is 0.239 e. The predicted octanol–water partition coefficient (Wildman–Crippen LogP) is 0.639. The highest BCUT2D eigenvalue weighted by molar-refractivity contribution is 5.75. The summed E-state index contributed by atoms with van der Waals surface area (Å²) in [6.07, 6.45) is 0.531. The van der Waals surface area contributed by atoms with Crippen LogP contribution in [0.4, 0.5) is 5.95 Å². The first kappa shape index (κ1) is 12.5. The fourth-order valence-electron chi connectivity index (χ4n) is 1.59. The number of rotatable bonds is 1. The van der Waals surface area contributed by atoms with Gasteiger partial charge in [0.1, 0.15) is 5.82 Å². The molecule has 1 aromatic rings. The van der Waals surface area contributed by atoms with Gasteiger partial charge in [-0.15, -0.1) is 5.10 Å². The minimum absolute atomic E-state index is 0.151. The molecule has 0 fully saturated rings. The maximum Gasteiger partial charge on any atom is 0.239 e. The minimum atomic E-state index is 0.151. The van der Waals surface area contributed by atoms with Gasteiger partial charge in [0.25, 0.3) is 0 Å². The Morgan fingerprint density at radius 2 is 2.12 bits per heavy atom. The highest BCUT2D eigenvalue weighted by atomic mass is 16.2. The van der Waals surface area contributed by atoms with Crippen LogP contribution >= 0.6 is 0 Å². The molecule has 0 bridgehead atoms. The largest absolute Gasteiger partial charge is 0.366 e. The van der Waals surface area contributed by atoms with Gasteiger partial charge in [0, 0.05) is 13.0 Å². The number of nitrogens with zero attached hydrogens (tertiary/aromatic N) is 4. The fraction of sp³-hybridized carbons (Fsp3) is 0.700. The van der Waals surface area contributed by atoms with E-state index in [9.17, 15) is 4.79 Å². The summed E-state index contributed by atoms with van der Waals surface area (Å²) >= 11 is 0. The molecule has 90 valence electrons. The van der Waals surface area contributed by atoms with Crippen molar-refractivity contribution in [1.82, 2.24) is 19.7 Å². The van der Waals surface area contributed by atoms with Crippen LogP contribution in [0.2, 0.25) is 0 Å². The Morgan fingerprint density at radius 3 is 2.75 bits per heavy atom. The number of hydrogen-bond donors (Lipinski definition) is 1. The van der Waals surface area contributed by atoms with E-state index in [2.05, 4.69) is 10.1 Å². The summed E-state index contributed by atoms with van der Waals surface area (Å²) in [5.74, 6) is 1.21. The molecule has 0 unspecified atom stereocenters. The molecule has 0 radical (unpaired) electrons. The molecular weight excluding hydrogens is 206 g/mol. The van der Waals surface area contributed by atoms with E-state index in [-0.39, 0.29) is 11.9 Å². The predicted molar refractivity (Wildman–Crippen MR) is 61.5 cm³/mol. The van der Waals surface area contributed by atoms with Gasteiger partial charge in [-0.2, -0.15) is 4.98 Å². The quantitative estimate of drug-likeness (QED) is 0.760. The van der Waals surface area contributed by atoms with Gasteiger partial charge in [-0.05, 0) is 0 Å². The lowest BCUT2D eigenvalue weighted by Gasteiger charge is -2.26. The number of nitrogens with two attached hydrogens (primary N) is 1. The Kier molecular flexibility index (Phi) is 4.28. The molecule has 0 aliphatic carbocycles. The first-order valence-electron chi connectivity index (χ1n) is 5.67. The number of anilines is 1. The highest BCUT2D eigenvalue weighted by Crippen LogP contribution is 2.11. The second-order valence-electron chi connectivity index (χ2n) is 3.28. The van der Waals surface area contributed by atoms with Crippen molar-refractivity contribution >= 4 is 11.9 Å². The standard InChI is InChI=1S/C8H13N5O.C2H6/c1-2-7(14)12-3-4-13-6(5-12)10-8(9)11-13;1-2/h2-5H2,1H3,(H2,9,11);1-2H3. The summed E-state index contributed by atoms with van der Waals surface area (Å²) in [4.78, 5) is 17.3. The summed E-state index contributed by atoms with van der Waals surface area (Å²) in [7, 11) is 0. The van der Waals surface area contributed by atoms with Gasteiger partial charge in [-0.1, -0.05) is 20.8 Å². The highest BCUT2D eigenvalue weighted by Gasteiger charge is 2.21. The zero-order valence-electron chi connectivity index (χ0n) is 10.1. The maximum atomic E-state index is 11.4. The normalized spacial score (nSPS) is 13.8.